The Kier molecular flexibility index (Phi) is 7.61. The first kappa shape index (κ1) is 27.0. The van der Waals surface area contributed by atoms with Crippen LogP contribution in [0.4, 0.5) is 36.2 Å². The van der Waals surface area contributed by atoms with Gasteiger partial charge in [-0.2, -0.15) is 13.2 Å². The van der Waals surface area contributed by atoms with Crippen LogP contribution in [0, 0.1) is 6.92 Å². The minimum absolute atomic E-state index is 0.143. The Morgan fingerprint density at radius 2 is 1.63 bits per heavy atom. The first-order chi connectivity index (χ1) is 17.9. The van der Waals surface area contributed by atoms with Crippen LogP contribution in [0.15, 0.2) is 71.2 Å². The molecule has 0 bridgehead atoms. The molecule has 10 nitrogen and oxygen atoms in total. The summed E-state index contributed by atoms with van der Waals surface area (Å²) in [6.07, 6.45) is -4.06. The molecule has 0 radical (unpaired) electrons. The Balaban J connectivity index is 1.49. The Morgan fingerprint density at radius 3 is 2.24 bits per heavy atom. The third-order valence-corrected chi connectivity index (χ3v) is 7.28. The van der Waals surface area contributed by atoms with Crippen molar-refractivity contribution < 1.29 is 31.2 Å². The number of nitrogens with zero attached hydrogens (tertiary/aromatic N) is 4. The molecule has 2 N–H and O–H groups in total. The second-order valence-corrected chi connectivity index (χ2v) is 10.7. The largest absolute Gasteiger partial charge is 0.492 e. The van der Waals surface area contributed by atoms with Crippen LogP contribution in [0.5, 0.6) is 0 Å². The zero-order valence-electron chi connectivity index (χ0n) is 19.7. The average molecular weight is 565 g/mol. The van der Waals surface area contributed by atoms with E-state index in [2.05, 4.69) is 30.4 Å². The summed E-state index contributed by atoms with van der Waals surface area (Å²) < 4.78 is 62.4. The number of nitrogens with one attached hydrogen (secondary N) is 2. The smallest absolute Gasteiger partial charge is 0.345 e. The molecule has 0 saturated heterocycles. The monoisotopic (exact) mass is 564 g/mol. The topological polar surface area (TPSA) is 126 Å². The number of aromatic nitrogens is 3. The van der Waals surface area contributed by atoms with Crippen molar-refractivity contribution in [3.8, 4) is 11.3 Å². The van der Waals surface area contributed by atoms with E-state index in [0.717, 1.165) is 34.1 Å². The van der Waals surface area contributed by atoms with Gasteiger partial charge in [-0.15, -0.1) is 11.3 Å². The van der Waals surface area contributed by atoms with Crippen molar-refractivity contribution in [3.63, 3.8) is 0 Å². The summed E-state index contributed by atoms with van der Waals surface area (Å²) in [5.74, 6) is -1.91. The number of alkyl halides is 3. The Hall–Kier alpha value is -4.08. The van der Waals surface area contributed by atoms with Gasteiger partial charge in [-0.1, -0.05) is 18.2 Å². The number of anilines is 4. The van der Waals surface area contributed by atoms with Crippen LogP contribution in [-0.2, 0) is 19.7 Å². The number of carbonyl (C=O) groups is 1. The highest BCUT2D eigenvalue weighted by Gasteiger charge is 2.43. The number of halogens is 3. The Labute approximate surface area is 219 Å². The lowest BCUT2D eigenvalue weighted by Gasteiger charge is -2.17. The number of carbonyl (C=O) groups excluding carboxylic acids is 1. The van der Waals surface area contributed by atoms with Gasteiger partial charge in [0, 0.05) is 35.4 Å². The van der Waals surface area contributed by atoms with Crippen LogP contribution in [0.25, 0.3) is 11.3 Å². The van der Waals surface area contributed by atoms with Gasteiger partial charge in [-0.25, -0.2) is 28.2 Å². The maximum Gasteiger partial charge on any atom is 0.492 e. The molecule has 2 aromatic heterocycles. The number of aryl methyl sites for hydroxylation is 1. The number of hydrogen-bond acceptors (Lipinski definition) is 10. The van der Waals surface area contributed by atoms with Gasteiger partial charge in [-0.05, 0) is 41.7 Å². The lowest BCUT2D eigenvalue weighted by molar-refractivity contribution is -0.219. The lowest BCUT2D eigenvalue weighted by Crippen LogP contribution is -2.36. The number of thiazole rings is 1. The molecule has 0 aliphatic carbocycles. The fraction of sp³-hybridized carbons (Fsp3) is 0.130. The Bertz CT molecular complexity index is 1580. The minimum Gasteiger partial charge on any atom is -0.345 e. The fourth-order valence-electron chi connectivity index (χ4n) is 3.14. The molecule has 0 amide bonds. The van der Waals surface area contributed by atoms with E-state index in [1.165, 1.54) is 18.5 Å². The SMILES string of the molecule is Cc1nc(-c2cccc(Nc3cc(Nc4cccc(S(=O)(=O)N(C)OC(=O)C(F)(F)F)c4)ncn3)c2)cs1. The highest BCUT2D eigenvalue weighted by molar-refractivity contribution is 7.89. The van der Waals surface area contributed by atoms with Gasteiger partial charge < -0.3 is 15.5 Å². The van der Waals surface area contributed by atoms with Crippen molar-refractivity contribution >= 4 is 50.3 Å². The molecular formula is C23H19F3N6O4S2. The van der Waals surface area contributed by atoms with Crippen molar-refractivity contribution in [1.82, 2.24) is 19.4 Å². The number of rotatable bonds is 8. The van der Waals surface area contributed by atoms with Crippen LogP contribution < -0.4 is 10.6 Å². The van der Waals surface area contributed by atoms with Crippen molar-refractivity contribution in [2.75, 3.05) is 17.7 Å². The van der Waals surface area contributed by atoms with Crippen LogP contribution >= 0.6 is 11.3 Å². The van der Waals surface area contributed by atoms with Crippen LogP contribution in [0.2, 0.25) is 0 Å². The molecule has 15 heteroatoms. The summed E-state index contributed by atoms with van der Waals surface area (Å²) in [5, 5.41) is 9.01. The fourth-order valence-corrected chi connectivity index (χ4v) is 4.75. The van der Waals surface area contributed by atoms with Crippen LogP contribution in [0.3, 0.4) is 0 Å². The molecule has 2 heterocycles. The van der Waals surface area contributed by atoms with Gasteiger partial charge in [-0.3, -0.25) is 0 Å². The molecule has 0 aliphatic heterocycles. The molecule has 2 aromatic carbocycles. The molecule has 0 unspecified atom stereocenters. The maximum absolute atomic E-state index is 12.6. The predicted octanol–water partition coefficient (Wildman–Crippen LogP) is 5.04. The van der Waals surface area contributed by atoms with Crippen LogP contribution in [0.1, 0.15) is 5.01 Å². The molecular weight excluding hydrogens is 545 g/mol. The molecule has 0 spiro atoms. The summed E-state index contributed by atoms with van der Waals surface area (Å²) in [6.45, 7) is 1.93. The second-order valence-electron chi connectivity index (χ2n) is 7.69. The Morgan fingerprint density at radius 1 is 1.00 bits per heavy atom. The number of benzene rings is 2. The molecule has 0 atom stereocenters. The summed E-state index contributed by atoms with van der Waals surface area (Å²) in [5.41, 5.74) is 2.79. The first-order valence-corrected chi connectivity index (χ1v) is 13.0. The van der Waals surface area contributed by atoms with E-state index in [9.17, 15) is 26.4 Å². The van der Waals surface area contributed by atoms with Crippen molar-refractivity contribution in [1.29, 1.82) is 0 Å². The van der Waals surface area contributed by atoms with Gasteiger partial charge in [0.15, 0.2) is 0 Å². The molecule has 0 saturated carbocycles. The van der Waals surface area contributed by atoms with Crippen LogP contribution in [-0.4, -0.2) is 47.0 Å². The summed E-state index contributed by atoms with van der Waals surface area (Å²) in [6, 6.07) is 14.4. The molecule has 38 heavy (non-hydrogen) atoms. The van der Waals surface area contributed by atoms with E-state index >= 15 is 0 Å². The minimum atomic E-state index is -5.35. The third kappa shape index (κ3) is 6.42. The maximum atomic E-state index is 12.6. The van der Waals surface area contributed by atoms with Gasteiger partial charge in [0.1, 0.15) is 18.0 Å². The molecule has 4 rings (SSSR count). The van der Waals surface area contributed by atoms with Gasteiger partial charge in [0.2, 0.25) is 0 Å². The van der Waals surface area contributed by atoms with Crippen molar-refractivity contribution in [3.05, 3.63) is 71.3 Å². The molecule has 4 aromatic rings. The zero-order chi connectivity index (χ0) is 27.5. The van der Waals surface area contributed by atoms with Crippen molar-refractivity contribution in [2.24, 2.45) is 0 Å². The molecule has 0 aliphatic rings. The molecule has 198 valence electrons. The standard InChI is InChI=1S/C23H19F3N6O4S2/c1-14-29-19(12-37-14)15-5-3-6-16(9-15)30-20-11-21(28-13-27-20)31-17-7-4-8-18(10-17)38(34,35)32(2)36-22(33)23(24,25)26/h3-13H,1-2H3,(H2,27,28,30,31). The highest BCUT2D eigenvalue weighted by Crippen LogP contribution is 2.27. The van der Waals surface area contributed by atoms with E-state index in [1.807, 2.05) is 36.6 Å². The van der Waals surface area contributed by atoms with Gasteiger partial charge in [0.25, 0.3) is 10.0 Å². The number of hydrogen-bond donors (Lipinski definition) is 2. The quantitative estimate of drug-likeness (QED) is 0.283. The van der Waals surface area contributed by atoms with E-state index in [-0.39, 0.29) is 10.2 Å². The third-order valence-electron chi connectivity index (χ3n) is 4.90. The highest BCUT2D eigenvalue weighted by atomic mass is 32.2. The first-order valence-electron chi connectivity index (χ1n) is 10.7. The molecule has 0 fully saturated rings. The summed E-state index contributed by atoms with van der Waals surface area (Å²) >= 11 is 1.55. The summed E-state index contributed by atoms with van der Waals surface area (Å²) in [7, 11) is -3.90. The number of hydroxylamine groups is 1. The summed E-state index contributed by atoms with van der Waals surface area (Å²) in [4.78, 5) is 27.3. The van der Waals surface area contributed by atoms with Crippen molar-refractivity contribution in [2.45, 2.75) is 18.0 Å². The van der Waals surface area contributed by atoms with E-state index in [0.29, 0.717) is 18.7 Å². The normalized spacial score (nSPS) is 11.8. The van der Waals surface area contributed by atoms with E-state index < -0.39 is 27.1 Å². The van der Waals surface area contributed by atoms with Gasteiger partial charge in [0.05, 0.1) is 15.6 Å². The lowest BCUT2D eigenvalue weighted by atomic mass is 10.1. The number of sulfonamides is 1. The van der Waals surface area contributed by atoms with E-state index in [1.54, 1.807) is 17.4 Å². The second kappa shape index (κ2) is 10.7. The average Bonchev–Trinajstić information content (AvgIpc) is 3.30. The predicted molar refractivity (Wildman–Crippen MR) is 134 cm³/mol. The van der Waals surface area contributed by atoms with E-state index in [4.69, 9.17) is 0 Å². The zero-order valence-corrected chi connectivity index (χ0v) is 21.4. The van der Waals surface area contributed by atoms with Gasteiger partial charge >= 0.3 is 12.1 Å².